The van der Waals surface area contributed by atoms with Crippen LogP contribution in [-0.2, 0) is 17.9 Å². The van der Waals surface area contributed by atoms with Crippen molar-refractivity contribution in [2.24, 2.45) is 0 Å². The van der Waals surface area contributed by atoms with Gasteiger partial charge in [-0.3, -0.25) is 4.79 Å². The lowest BCUT2D eigenvalue weighted by Crippen LogP contribution is -2.24. The molecule has 0 aromatic carbocycles. The summed E-state index contributed by atoms with van der Waals surface area (Å²) >= 11 is 1.16. The maximum Gasteiger partial charge on any atom is 0.422 e. The maximum absolute atomic E-state index is 12.8. The number of aromatic nitrogens is 3. The van der Waals surface area contributed by atoms with Crippen LogP contribution in [0.2, 0.25) is 0 Å². The molecule has 0 radical (unpaired) electrons. The van der Waals surface area contributed by atoms with Gasteiger partial charge in [0, 0.05) is 25.4 Å². The van der Waals surface area contributed by atoms with Crippen LogP contribution in [0.4, 0.5) is 13.2 Å². The first kappa shape index (κ1) is 22.7. The molecule has 3 heterocycles. The third kappa shape index (κ3) is 5.39. The van der Waals surface area contributed by atoms with Gasteiger partial charge in [0.15, 0.2) is 12.4 Å². The fourth-order valence-corrected chi connectivity index (χ4v) is 3.90. The smallest absolute Gasteiger partial charge is 0.422 e. The van der Waals surface area contributed by atoms with Gasteiger partial charge in [0.1, 0.15) is 11.4 Å². The van der Waals surface area contributed by atoms with Crippen LogP contribution < -0.4 is 14.8 Å². The first-order chi connectivity index (χ1) is 14.7. The third-order valence-electron chi connectivity index (χ3n) is 4.14. The van der Waals surface area contributed by atoms with Gasteiger partial charge in [0.25, 0.3) is 5.91 Å². The number of fused-ring (bicyclic) bond motifs is 1. The van der Waals surface area contributed by atoms with E-state index < -0.39 is 18.7 Å². The van der Waals surface area contributed by atoms with E-state index in [4.69, 9.17) is 14.2 Å². The van der Waals surface area contributed by atoms with Crippen LogP contribution in [0.5, 0.6) is 11.8 Å². The SMILES string of the molecule is COCc1nc(OC)c2c(C)c(C(=O)NCc3cccnc3OCC(F)(F)F)sc2n1. The Morgan fingerprint density at radius 1 is 1.23 bits per heavy atom. The fourth-order valence-electron chi connectivity index (χ4n) is 2.80. The molecule has 0 fully saturated rings. The van der Waals surface area contributed by atoms with Crippen molar-refractivity contribution in [3.63, 3.8) is 0 Å². The summed E-state index contributed by atoms with van der Waals surface area (Å²) in [5.41, 5.74) is 0.955. The van der Waals surface area contributed by atoms with E-state index in [-0.39, 0.29) is 19.0 Å². The van der Waals surface area contributed by atoms with Crippen LogP contribution in [0.1, 0.15) is 26.6 Å². The second-order valence-electron chi connectivity index (χ2n) is 6.37. The van der Waals surface area contributed by atoms with Gasteiger partial charge in [-0.2, -0.15) is 18.2 Å². The predicted molar refractivity (Wildman–Crippen MR) is 106 cm³/mol. The summed E-state index contributed by atoms with van der Waals surface area (Å²) in [6.07, 6.45) is -3.18. The van der Waals surface area contributed by atoms with Gasteiger partial charge >= 0.3 is 6.18 Å². The number of pyridine rings is 1. The van der Waals surface area contributed by atoms with Crippen molar-refractivity contribution >= 4 is 27.5 Å². The summed E-state index contributed by atoms with van der Waals surface area (Å²) in [5.74, 6) is 0.146. The number of amides is 1. The van der Waals surface area contributed by atoms with Gasteiger partial charge in [0.05, 0.1) is 17.4 Å². The van der Waals surface area contributed by atoms with E-state index in [0.717, 1.165) is 11.3 Å². The number of hydrogen-bond donors (Lipinski definition) is 1. The maximum atomic E-state index is 12.8. The fraction of sp³-hybridized carbons (Fsp3) is 0.368. The van der Waals surface area contributed by atoms with E-state index in [2.05, 4.69) is 20.3 Å². The minimum absolute atomic E-state index is 0.0642. The highest BCUT2D eigenvalue weighted by molar-refractivity contribution is 7.20. The Balaban J connectivity index is 1.81. The molecule has 166 valence electrons. The number of ether oxygens (including phenoxy) is 3. The Bertz CT molecular complexity index is 1090. The largest absolute Gasteiger partial charge is 0.480 e. The molecule has 8 nitrogen and oxygen atoms in total. The van der Waals surface area contributed by atoms with Gasteiger partial charge in [-0.05, 0) is 18.6 Å². The zero-order chi connectivity index (χ0) is 22.6. The van der Waals surface area contributed by atoms with E-state index >= 15 is 0 Å². The first-order valence-electron chi connectivity index (χ1n) is 8.98. The molecule has 3 aromatic rings. The van der Waals surface area contributed by atoms with Gasteiger partial charge < -0.3 is 19.5 Å². The molecule has 0 saturated heterocycles. The Kier molecular flexibility index (Phi) is 6.91. The molecule has 0 spiro atoms. The number of carbonyl (C=O) groups excluding carboxylic acids is 1. The third-order valence-corrected chi connectivity index (χ3v) is 5.32. The summed E-state index contributed by atoms with van der Waals surface area (Å²) in [4.78, 5) is 26.3. The van der Waals surface area contributed by atoms with E-state index in [1.165, 1.54) is 26.5 Å². The molecular weight excluding hydrogens is 437 g/mol. The zero-order valence-corrected chi connectivity index (χ0v) is 17.7. The van der Waals surface area contributed by atoms with Crippen molar-refractivity contribution < 1.29 is 32.2 Å². The predicted octanol–water partition coefficient (Wildman–Crippen LogP) is 3.42. The number of rotatable bonds is 8. The standard InChI is InChI=1S/C19H19F3N4O4S/c1-10-13-17(29-3)25-12(8-28-2)26-18(13)31-14(10)15(27)24-7-11-5-4-6-23-16(11)30-9-19(20,21)22/h4-6H,7-9H2,1-3H3,(H,24,27). The molecule has 0 atom stereocenters. The van der Waals surface area contributed by atoms with E-state index in [9.17, 15) is 18.0 Å². The average molecular weight is 456 g/mol. The molecule has 1 amide bonds. The summed E-state index contributed by atoms with van der Waals surface area (Å²) in [7, 11) is 2.99. The van der Waals surface area contributed by atoms with E-state index in [0.29, 0.717) is 37.9 Å². The summed E-state index contributed by atoms with van der Waals surface area (Å²) in [6, 6.07) is 3.08. The van der Waals surface area contributed by atoms with Crippen molar-refractivity contribution in [2.75, 3.05) is 20.8 Å². The number of carbonyl (C=O) groups is 1. The molecule has 0 unspecified atom stereocenters. The van der Waals surface area contributed by atoms with Gasteiger partial charge in [0.2, 0.25) is 11.8 Å². The minimum Gasteiger partial charge on any atom is -0.480 e. The highest BCUT2D eigenvalue weighted by atomic mass is 32.1. The molecule has 0 bridgehead atoms. The molecule has 3 aromatic heterocycles. The van der Waals surface area contributed by atoms with E-state index in [1.54, 1.807) is 13.0 Å². The highest BCUT2D eigenvalue weighted by Gasteiger charge is 2.29. The van der Waals surface area contributed by atoms with Crippen LogP contribution in [-0.4, -0.2) is 47.9 Å². The number of aryl methyl sites for hydroxylation is 1. The van der Waals surface area contributed by atoms with Crippen molar-refractivity contribution in [2.45, 2.75) is 26.3 Å². The molecule has 0 aliphatic rings. The molecule has 0 aliphatic carbocycles. The van der Waals surface area contributed by atoms with Crippen molar-refractivity contribution in [1.29, 1.82) is 0 Å². The normalized spacial score (nSPS) is 11.5. The van der Waals surface area contributed by atoms with E-state index in [1.807, 2.05) is 0 Å². The first-order valence-corrected chi connectivity index (χ1v) is 9.79. The second-order valence-corrected chi connectivity index (χ2v) is 7.37. The van der Waals surface area contributed by atoms with Crippen LogP contribution in [0.15, 0.2) is 18.3 Å². The lowest BCUT2D eigenvalue weighted by Gasteiger charge is -2.12. The molecule has 3 rings (SSSR count). The van der Waals surface area contributed by atoms with Gasteiger partial charge in [-0.1, -0.05) is 6.07 Å². The quantitative estimate of drug-likeness (QED) is 0.555. The Morgan fingerprint density at radius 2 is 2.00 bits per heavy atom. The van der Waals surface area contributed by atoms with Crippen molar-refractivity contribution in [3.05, 3.63) is 40.2 Å². The Labute approximate surface area is 179 Å². The summed E-state index contributed by atoms with van der Waals surface area (Å²) in [5, 5.41) is 3.31. The van der Waals surface area contributed by atoms with Gasteiger partial charge in [-0.15, -0.1) is 11.3 Å². The molecule has 1 N–H and O–H groups in total. The highest BCUT2D eigenvalue weighted by Crippen LogP contribution is 2.35. The number of hydrogen-bond acceptors (Lipinski definition) is 8. The number of nitrogens with one attached hydrogen (secondary N) is 1. The lowest BCUT2D eigenvalue weighted by molar-refractivity contribution is -0.154. The van der Waals surface area contributed by atoms with Crippen LogP contribution in [0.3, 0.4) is 0 Å². The zero-order valence-electron chi connectivity index (χ0n) is 16.9. The molecule has 31 heavy (non-hydrogen) atoms. The average Bonchev–Trinajstić information content (AvgIpc) is 3.06. The van der Waals surface area contributed by atoms with Crippen LogP contribution >= 0.6 is 11.3 Å². The van der Waals surface area contributed by atoms with Crippen LogP contribution in [0.25, 0.3) is 10.2 Å². The number of nitrogens with zero attached hydrogens (tertiary/aromatic N) is 3. The lowest BCUT2D eigenvalue weighted by atomic mass is 10.2. The van der Waals surface area contributed by atoms with Gasteiger partial charge in [-0.25, -0.2) is 9.97 Å². The number of alkyl halides is 3. The second kappa shape index (κ2) is 9.43. The van der Waals surface area contributed by atoms with Crippen LogP contribution in [0, 0.1) is 6.92 Å². The molecule has 0 saturated carbocycles. The molecular formula is C19H19F3N4O4S. The summed E-state index contributed by atoms with van der Waals surface area (Å²) in [6.45, 7) is 0.401. The van der Waals surface area contributed by atoms with Crippen molar-refractivity contribution in [3.8, 4) is 11.8 Å². The summed E-state index contributed by atoms with van der Waals surface area (Å²) < 4.78 is 52.5. The number of methoxy groups -OCH3 is 2. The Morgan fingerprint density at radius 3 is 2.68 bits per heavy atom. The molecule has 0 aliphatic heterocycles. The topological polar surface area (TPSA) is 95.5 Å². The Hall–Kier alpha value is -2.99. The number of halogens is 3. The van der Waals surface area contributed by atoms with Crippen molar-refractivity contribution in [1.82, 2.24) is 20.3 Å². The molecule has 12 heteroatoms. The minimum atomic E-state index is -4.49. The monoisotopic (exact) mass is 456 g/mol. The number of thiophene rings is 1.